The van der Waals surface area contributed by atoms with Gasteiger partial charge in [0.1, 0.15) is 0 Å². The summed E-state index contributed by atoms with van der Waals surface area (Å²) in [7, 11) is 0. The molecule has 0 unspecified atom stereocenters. The Morgan fingerprint density at radius 3 is 2.24 bits per heavy atom. The first-order valence-corrected chi connectivity index (χ1v) is 8.55. The van der Waals surface area contributed by atoms with Gasteiger partial charge in [0.15, 0.2) is 6.10 Å². The summed E-state index contributed by atoms with van der Waals surface area (Å²) in [5, 5.41) is 8.75. The van der Waals surface area contributed by atoms with Crippen LogP contribution in [0.4, 0.5) is 0 Å². The zero-order valence-corrected chi connectivity index (χ0v) is 15.5. The molecule has 1 rings (SSSR count). The fourth-order valence-electron chi connectivity index (χ4n) is 2.54. The van der Waals surface area contributed by atoms with Gasteiger partial charge >= 0.3 is 11.9 Å². The minimum Gasteiger partial charge on any atom is -0.478 e. The molecule has 5 heteroatoms. The lowest BCUT2D eigenvalue weighted by Crippen LogP contribution is -2.29. The zero-order valence-electron chi connectivity index (χ0n) is 15.5. The number of hydrogen-bond donors (Lipinski definition) is 1. The molecular formula is C20H28O5. The summed E-state index contributed by atoms with van der Waals surface area (Å²) in [6, 6.07) is 7.94. The lowest BCUT2D eigenvalue weighted by molar-refractivity contribution is -0.156. The fraction of sp³-hybridized carbons (Fsp3) is 0.500. The average Bonchev–Trinajstić information content (AvgIpc) is 2.54. The van der Waals surface area contributed by atoms with Crippen LogP contribution in [0.15, 0.2) is 36.4 Å². The highest BCUT2D eigenvalue weighted by atomic mass is 16.6. The predicted molar refractivity (Wildman–Crippen MR) is 96.5 cm³/mol. The van der Waals surface area contributed by atoms with Crippen LogP contribution in [0.5, 0.6) is 0 Å². The van der Waals surface area contributed by atoms with Crippen molar-refractivity contribution in [3.63, 3.8) is 0 Å². The Labute approximate surface area is 149 Å². The molecule has 0 saturated carbocycles. The summed E-state index contributed by atoms with van der Waals surface area (Å²) < 4.78 is 10.5. The number of benzene rings is 1. The third kappa shape index (κ3) is 7.98. The maximum absolute atomic E-state index is 11.9. The second kappa shape index (κ2) is 9.99. The second-order valence-electron chi connectivity index (χ2n) is 6.55. The summed E-state index contributed by atoms with van der Waals surface area (Å²) in [4.78, 5) is 22.6. The number of aliphatic carboxylic acids is 1. The molecule has 1 atom stereocenters. The highest BCUT2D eigenvalue weighted by Gasteiger charge is 2.21. The Morgan fingerprint density at radius 2 is 1.72 bits per heavy atom. The van der Waals surface area contributed by atoms with E-state index in [2.05, 4.69) is 0 Å². The molecule has 0 amide bonds. The summed E-state index contributed by atoms with van der Waals surface area (Å²) in [5.74, 6) is -1.28. The van der Waals surface area contributed by atoms with Gasteiger partial charge in [0.2, 0.25) is 0 Å². The molecule has 0 spiro atoms. The highest BCUT2D eigenvalue weighted by molar-refractivity contribution is 5.79. The van der Waals surface area contributed by atoms with E-state index in [1.807, 2.05) is 45.0 Å². The maximum Gasteiger partial charge on any atom is 0.335 e. The van der Waals surface area contributed by atoms with Crippen molar-refractivity contribution in [2.75, 3.05) is 13.2 Å². The van der Waals surface area contributed by atoms with E-state index in [0.29, 0.717) is 19.6 Å². The van der Waals surface area contributed by atoms with E-state index >= 15 is 0 Å². The van der Waals surface area contributed by atoms with E-state index in [4.69, 9.17) is 14.6 Å². The molecule has 25 heavy (non-hydrogen) atoms. The first-order chi connectivity index (χ1) is 11.8. The molecule has 1 aromatic rings. The lowest BCUT2D eigenvalue weighted by atomic mass is 9.85. The Kier molecular flexibility index (Phi) is 8.35. The third-order valence-corrected chi connectivity index (χ3v) is 3.70. The first-order valence-electron chi connectivity index (χ1n) is 8.55. The van der Waals surface area contributed by atoms with Gasteiger partial charge in [-0.05, 0) is 36.8 Å². The molecule has 0 radical (unpaired) electrons. The van der Waals surface area contributed by atoms with Crippen molar-refractivity contribution >= 4 is 11.9 Å². The molecule has 5 nitrogen and oxygen atoms in total. The van der Waals surface area contributed by atoms with E-state index in [-0.39, 0.29) is 11.4 Å². The largest absolute Gasteiger partial charge is 0.478 e. The molecule has 1 aromatic carbocycles. The second-order valence-corrected chi connectivity index (χ2v) is 6.55. The van der Waals surface area contributed by atoms with Crippen LogP contribution in [-0.2, 0) is 31.9 Å². The third-order valence-electron chi connectivity index (χ3n) is 3.70. The molecule has 0 aliphatic heterocycles. The predicted octanol–water partition coefficient (Wildman–Crippen LogP) is 3.41. The number of allylic oxidation sites excluding steroid dienone is 1. The van der Waals surface area contributed by atoms with Crippen LogP contribution in [0, 0.1) is 5.41 Å². The van der Waals surface area contributed by atoms with Crippen LogP contribution in [-0.4, -0.2) is 36.4 Å². The maximum atomic E-state index is 11.9. The number of ether oxygens (including phenoxy) is 2. The lowest BCUT2D eigenvalue weighted by Gasteiger charge is -2.20. The Bertz CT molecular complexity index is 587. The number of carbonyl (C=O) groups excluding carboxylic acids is 1. The number of carbonyl (C=O) groups is 2. The Morgan fingerprint density at radius 1 is 1.12 bits per heavy atom. The standard InChI is InChI=1S/C20H28O5/c1-5-24-17(19(23)25-6-2)13-15-7-9-16(10-8-15)14-20(3,4)12-11-18(21)22/h7-12,17H,5-6,13-14H2,1-4H3,(H,21,22)/b12-11+/t17-/m0/s1. The first kappa shape index (κ1) is 20.9. The van der Waals surface area contributed by atoms with E-state index in [0.717, 1.165) is 17.5 Å². The van der Waals surface area contributed by atoms with Crippen molar-refractivity contribution in [2.24, 2.45) is 5.41 Å². The molecule has 0 heterocycles. The van der Waals surface area contributed by atoms with Gasteiger partial charge in [0.05, 0.1) is 6.61 Å². The van der Waals surface area contributed by atoms with Gasteiger partial charge in [-0.2, -0.15) is 0 Å². The van der Waals surface area contributed by atoms with Crippen molar-refractivity contribution in [1.29, 1.82) is 0 Å². The van der Waals surface area contributed by atoms with Gasteiger partial charge in [-0.1, -0.05) is 44.2 Å². The van der Waals surface area contributed by atoms with E-state index in [1.165, 1.54) is 6.08 Å². The van der Waals surface area contributed by atoms with Crippen LogP contribution in [0.2, 0.25) is 0 Å². The number of hydrogen-bond acceptors (Lipinski definition) is 4. The van der Waals surface area contributed by atoms with Gasteiger partial charge in [-0.25, -0.2) is 9.59 Å². The number of rotatable bonds is 10. The SMILES string of the molecule is CCOC(=O)[C@H](Cc1ccc(CC(C)(C)/C=C/C(=O)O)cc1)OCC. The number of carboxylic acids is 1. The van der Waals surface area contributed by atoms with Gasteiger partial charge in [-0.15, -0.1) is 0 Å². The topological polar surface area (TPSA) is 72.8 Å². The monoisotopic (exact) mass is 348 g/mol. The van der Waals surface area contributed by atoms with Crippen LogP contribution >= 0.6 is 0 Å². The van der Waals surface area contributed by atoms with Crippen molar-refractivity contribution in [2.45, 2.75) is 46.6 Å². The van der Waals surface area contributed by atoms with Crippen molar-refractivity contribution < 1.29 is 24.2 Å². The molecule has 1 N–H and O–H groups in total. The molecule has 0 fully saturated rings. The minimum absolute atomic E-state index is 0.251. The summed E-state index contributed by atoms with van der Waals surface area (Å²) in [6.07, 6.45) is 3.49. The summed E-state index contributed by atoms with van der Waals surface area (Å²) in [5.41, 5.74) is 1.85. The molecule has 0 bridgehead atoms. The molecular weight excluding hydrogens is 320 g/mol. The van der Waals surface area contributed by atoms with Crippen molar-refractivity contribution in [3.8, 4) is 0 Å². The Balaban J connectivity index is 2.74. The van der Waals surface area contributed by atoms with E-state index in [1.54, 1.807) is 13.0 Å². The quantitative estimate of drug-likeness (QED) is 0.518. The van der Waals surface area contributed by atoms with Crippen LogP contribution < -0.4 is 0 Å². The molecule has 138 valence electrons. The van der Waals surface area contributed by atoms with Gasteiger partial charge in [0, 0.05) is 19.1 Å². The van der Waals surface area contributed by atoms with Crippen molar-refractivity contribution in [3.05, 3.63) is 47.5 Å². The normalized spacial score (nSPS) is 13.0. The van der Waals surface area contributed by atoms with Crippen LogP contribution in [0.3, 0.4) is 0 Å². The smallest absolute Gasteiger partial charge is 0.335 e. The molecule has 0 aromatic heterocycles. The van der Waals surface area contributed by atoms with Crippen molar-refractivity contribution in [1.82, 2.24) is 0 Å². The zero-order chi connectivity index (χ0) is 18.9. The number of esters is 1. The van der Waals surface area contributed by atoms with Crippen LogP contribution in [0.1, 0.15) is 38.8 Å². The van der Waals surface area contributed by atoms with E-state index in [9.17, 15) is 9.59 Å². The van der Waals surface area contributed by atoms with E-state index < -0.39 is 12.1 Å². The molecule has 0 aliphatic carbocycles. The molecule has 0 saturated heterocycles. The van der Waals surface area contributed by atoms with Gasteiger partial charge < -0.3 is 14.6 Å². The average molecular weight is 348 g/mol. The van der Waals surface area contributed by atoms with Gasteiger partial charge in [-0.3, -0.25) is 0 Å². The minimum atomic E-state index is -0.940. The molecule has 0 aliphatic rings. The fourth-order valence-corrected chi connectivity index (χ4v) is 2.54. The Hall–Kier alpha value is -2.14. The summed E-state index contributed by atoms with van der Waals surface area (Å²) >= 11 is 0. The van der Waals surface area contributed by atoms with Crippen LogP contribution in [0.25, 0.3) is 0 Å². The summed E-state index contributed by atoms with van der Waals surface area (Å²) in [6.45, 7) is 8.39. The van der Waals surface area contributed by atoms with Gasteiger partial charge in [0.25, 0.3) is 0 Å². The highest BCUT2D eigenvalue weighted by Crippen LogP contribution is 2.24. The number of carboxylic acid groups (broad SMARTS) is 1.